The lowest BCUT2D eigenvalue weighted by atomic mass is 9.98. The molecule has 3 aromatic rings. The molecule has 2 aromatic carbocycles. The van der Waals surface area contributed by atoms with Crippen molar-refractivity contribution < 1.29 is 14.0 Å². The molecule has 1 aromatic heterocycles. The second-order valence-electron chi connectivity index (χ2n) is 7.80. The van der Waals surface area contributed by atoms with Crippen molar-refractivity contribution in [3.8, 4) is 11.1 Å². The maximum Gasteiger partial charge on any atom is 0.245 e. The molecular formula is C25H24FN3O2. The summed E-state index contributed by atoms with van der Waals surface area (Å²) < 4.78 is 13.2. The largest absolute Gasteiger partial charge is 0.342 e. The van der Waals surface area contributed by atoms with Gasteiger partial charge in [-0.05, 0) is 46.5 Å². The van der Waals surface area contributed by atoms with E-state index in [1.165, 1.54) is 12.1 Å². The number of carbonyl (C=O) groups excluding carboxylic acids is 2. The van der Waals surface area contributed by atoms with Crippen molar-refractivity contribution in [3.05, 3.63) is 90.0 Å². The Labute approximate surface area is 181 Å². The Balaban J connectivity index is 1.51. The van der Waals surface area contributed by atoms with E-state index in [4.69, 9.17) is 0 Å². The summed E-state index contributed by atoms with van der Waals surface area (Å²) in [5.41, 5.74) is 3.87. The number of carbonyl (C=O) groups is 2. The van der Waals surface area contributed by atoms with Crippen molar-refractivity contribution in [2.75, 3.05) is 20.1 Å². The molecule has 1 fully saturated rings. The summed E-state index contributed by atoms with van der Waals surface area (Å²) >= 11 is 0. The first-order valence-corrected chi connectivity index (χ1v) is 10.3. The SMILES string of the molecule is CN1CCN(C(=O)Cc2ccc(F)cc2)C(Cc2ccc(-c3ccncc3)cc2)C1=O. The predicted molar refractivity (Wildman–Crippen MR) is 117 cm³/mol. The van der Waals surface area contributed by atoms with Crippen LogP contribution in [0.4, 0.5) is 4.39 Å². The van der Waals surface area contributed by atoms with Gasteiger partial charge >= 0.3 is 0 Å². The summed E-state index contributed by atoms with van der Waals surface area (Å²) in [4.78, 5) is 33.3. The second kappa shape index (κ2) is 9.08. The normalized spacial score (nSPS) is 16.5. The van der Waals surface area contributed by atoms with Crippen LogP contribution in [0.5, 0.6) is 0 Å². The van der Waals surface area contributed by atoms with E-state index in [1.54, 1.807) is 41.4 Å². The topological polar surface area (TPSA) is 53.5 Å². The van der Waals surface area contributed by atoms with Gasteiger partial charge < -0.3 is 9.80 Å². The molecule has 0 bridgehead atoms. The molecule has 31 heavy (non-hydrogen) atoms. The molecule has 0 radical (unpaired) electrons. The van der Waals surface area contributed by atoms with Crippen LogP contribution in [0.25, 0.3) is 11.1 Å². The molecule has 2 heterocycles. The number of aromatic nitrogens is 1. The predicted octanol–water partition coefficient (Wildman–Crippen LogP) is 3.34. The van der Waals surface area contributed by atoms with E-state index >= 15 is 0 Å². The fourth-order valence-corrected chi connectivity index (χ4v) is 3.89. The third-order valence-electron chi connectivity index (χ3n) is 5.70. The van der Waals surface area contributed by atoms with E-state index in [9.17, 15) is 14.0 Å². The molecule has 1 aliphatic heterocycles. The maximum absolute atomic E-state index is 13.2. The molecule has 1 saturated heterocycles. The first-order chi connectivity index (χ1) is 15.0. The van der Waals surface area contributed by atoms with Crippen LogP contribution >= 0.6 is 0 Å². The van der Waals surface area contributed by atoms with E-state index in [1.807, 2.05) is 36.4 Å². The number of amides is 2. The van der Waals surface area contributed by atoms with E-state index in [-0.39, 0.29) is 24.1 Å². The Bertz CT molecular complexity index is 1050. The second-order valence-corrected chi connectivity index (χ2v) is 7.80. The van der Waals surface area contributed by atoms with Crippen molar-refractivity contribution in [3.63, 3.8) is 0 Å². The molecule has 0 N–H and O–H groups in total. The zero-order valence-electron chi connectivity index (χ0n) is 17.4. The van der Waals surface area contributed by atoms with Crippen molar-refractivity contribution >= 4 is 11.8 Å². The number of pyridine rings is 1. The van der Waals surface area contributed by atoms with Crippen LogP contribution in [0.15, 0.2) is 73.1 Å². The highest BCUT2D eigenvalue weighted by Gasteiger charge is 2.35. The highest BCUT2D eigenvalue weighted by atomic mass is 19.1. The number of hydrogen-bond acceptors (Lipinski definition) is 3. The number of halogens is 1. The fourth-order valence-electron chi connectivity index (χ4n) is 3.89. The number of rotatable bonds is 5. The molecule has 158 valence electrons. The Hall–Kier alpha value is -3.54. The van der Waals surface area contributed by atoms with Gasteiger partial charge in [0.05, 0.1) is 6.42 Å². The smallest absolute Gasteiger partial charge is 0.245 e. The standard InChI is InChI=1S/C25H24FN3O2/c1-28-14-15-29(24(30)17-19-4-8-22(26)9-5-19)23(25(28)31)16-18-2-6-20(7-3-18)21-10-12-27-13-11-21/h2-13,23H,14-17H2,1H3. The quantitative estimate of drug-likeness (QED) is 0.640. The van der Waals surface area contributed by atoms with Crippen LogP contribution in [0.1, 0.15) is 11.1 Å². The molecule has 0 saturated carbocycles. The molecule has 0 spiro atoms. The summed E-state index contributed by atoms with van der Waals surface area (Å²) in [7, 11) is 1.77. The Kier molecular flexibility index (Phi) is 6.07. The number of benzene rings is 2. The number of piperazine rings is 1. The van der Waals surface area contributed by atoms with Gasteiger partial charge in [0.25, 0.3) is 0 Å². The fraction of sp³-hybridized carbons (Fsp3) is 0.240. The highest BCUT2D eigenvalue weighted by molar-refractivity contribution is 5.89. The number of likely N-dealkylation sites (N-methyl/N-ethyl adjacent to an activating group) is 1. The molecule has 1 atom stereocenters. The van der Waals surface area contributed by atoms with Crippen LogP contribution in [0.2, 0.25) is 0 Å². The van der Waals surface area contributed by atoms with Crippen LogP contribution in [0.3, 0.4) is 0 Å². The van der Waals surface area contributed by atoms with Gasteiger partial charge in [0.2, 0.25) is 11.8 Å². The number of nitrogens with zero attached hydrogens (tertiary/aromatic N) is 3. The van der Waals surface area contributed by atoms with E-state index in [0.717, 1.165) is 22.3 Å². The van der Waals surface area contributed by atoms with Crippen molar-refractivity contribution in [2.24, 2.45) is 0 Å². The Morgan fingerprint density at radius 2 is 1.55 bits per heavy atom. The van der Waals surface area contributed by atoms with Gasteiger partial charge in [0.1, 0.15) is 11.9 Å². The van der Waals surface area contributed by atoms with E-state index in [0.29, 0.717) is 19.5 Å². The number of hydrogen-bond donors (Lipinski definition) is 0. The van der Waals surface area contributed by atoms with Gasteiger partial charge in [-0.25, -0.2) is 4.39 Å². The lowest BCUT2D eigenvalue weighted by Gasteiger charge is -2.39. The minimum Gasteiger partial charge on any atom is -0.342 e. The third-order valence-corrected chi connectivity index (χ3v) is 5.70. The average molecular weight is 417 g/mol. The van der Waals surface area contributed by atoms with Gasteiger partial charge in [-0.3, -0.25) is 14.6 Å². The van der Waals surface area contributed by atoms with Crippen LogP contribution < -0.4 is 0 Å². The zero-order chi connectivity index (χ0) is 21.8. The summed E-state index contributed by atoms with van der Waals surface area (Å²) in [6.07, 6.45) is 4.11. The third kappa shape index (κ3) is 4.79. The molecule has 1 unspecified atom stereocenters. The lowest BCUT2D eigenvalue weighted by Crippen LogP contribution is -2.58. The van der Waals surface area contributed by atoms with E-state index < -0.39 is 6.04 Å². The van der Waals surface area contributed by atoms with Crippen molar-refractivity contribution in [1.29, 1.82) is 0 Å². The van der Waals surface area contributed by atoms with Crippen LogP contribution in [0, 0.1) is 5.82 Å². The maximum atomic E-state index is 13.2. The molecule has 2 amide bonds. The van der Waals surface area contributed by atoms with Crippen molar-refractivity contribution in [1.82, 2.24) is 14.8 Å². The average Bonchev–Trinajstić information content (AvgIpc) is 2.79. The molecule has 0 aliphatic carbocycles. The monoisotopic (exact) mass is 417 g/mol. The first-order valence-electron chi connectivity index (χ1n) is 10.3. The molecular weight excluding hydrogens is 393 g/mol. The Morgan fingerprint density at radius 3 is 2.23 bits per heavy atom. The Morgan fingerprint density at radius 1 is 0.935 bits per heavy atom. The highest BCUT2D eigenvalue weighted by Crippen LogP contribution is 2.22. The zero-order valence-corrected chi connectivity index (χ0v) is 17.4. The minimum atomic E-state index is -0.543. The summed E-state index contributed by atoms with van der Waals surface area (Å²) in [5, 5.41) is 0. The van der Waals surface area contributed by atoms with Gasteiger partial charge in [0, 0.05) is 39.0 Å². The van der Waals surface area contributed by atoms with Crippen LogP contribution in [-0.4, -0.2) is 52.8 Å². The van der Waals surface area contributed by atoms with Gasteiger partial charge in [-0.15, -0.1) is 0 Å². The lowest BCUT2D eigenvalue weighted by molar-refractivity contribution is -0.149. The van der Waals surface area contributed by atoms with Gasteiger partial charge in [-0.1, -0.05) is 36.4 Å². The molecule has 5 nitrogen and oxygen atoms in total. The first kappa shape index (κ1) is 20.7. The minimum absolute atomic E-state index is 0.0584. The van der Waals surface area contributed by atoms with Crippen molar-refractivity contribution in [2.45, 2.75) is 18.9 Å². The molecule has 1 aliphatic rings. The molecule has 6 heteroatoms. The summed E-state index contributed by atoms with van der Waals surface area (Å²) in [6, 6.07) is 17.3. The van der Waals surface area contributed by atoms with Gasteiger partial charge in [0.15, 0.2) is 0 Å². The summed E-state index contributed by atoms with van der Waals surface area (Å²) in [5.74, 6) is -0.512. The van der Waals surface area contributed by atoms with Crippen LogP contribution in [-0.2, 0) is 22.4 Å². The molecule has 4 rings (SSSR count). The summed E-state index contributed by atoms with van der Waals surface area (Å²) in [6.45, 7) is 0.994. The van der Waals surface area contributed by atoms with Gasteiger partial charge in [-0.2, -0.15) is 0 Å². The van der Waals surface area contributed by atoms with E-state index in [2.05, 4.69) is 4.98 Å².